The van der Waals surface area contributed by atoms with E-state index >= 15 is 0 Å². The van der Waals surface area contributed by atoms with Gasteiger partial charge in [0.2, 0.25) is 5.95 Å². The van der Waals surface area contributed by atoms with Crippen molar-refractivity contribution in [3.8, 4) is 0 Å². The van der Waals surface area contributed by atoms with E-state index in [-0.39, 0.29) is 11.8 Å². The minimum Gasteiger partial charge on any atom is -0.382 e. The summed E-state index contributed by atoms with van der Waals surface area (Å²) >= 11 is 5.85. The zero-order chi connectivity index (χ0) is 14.8. The number of nitrogen functional groups attached to an aromatic ring is 2. The van der Waals surface area contributed by atoms with Crippen LogP contribution in [0.15, 0.2) is 36.4 Å². The lowest BCUT2D eigenvalue weighted by atomic mass is 10.2. The standard InChI is InChI=1S/C15H12ClN5/c16-10-4-1-9(2-5-10)3-6-11-7-8-12-13(19-11)14(17)21-15(18)20-12/h1-8H,(H4,17,18,20,21)/b6-3+. The number of hydrogen-bond acceptors (Lipinski definition) is 5. The third-order valence-electron chi connectivity index (χ3n) is 2.92. The van der Waals surface area contributed by atoms with Gasteiger partial charge in [-0.25, -0.2) is 9.97 Å². The van der Waals surface area contributed by atoms with Crippen LogP contribution in [0.5, 0.6) is 0 Å². The molecule has 0 fully saturated rings. The molecule has 104 valence electrons. The molecule has 3 aromatic rings. The molecule has 0 saturated heterocycles. The van der Waals surface area contributed by atoms with Gasteiger partial charge in [0, 0.05) is 5.02 Å². The van der Waals surface area contributed by atoms with Crippen LogP contribution in [-0.2, 0) is 0 Å². The maximum atomic E-state index is 5.85. The van der Waals surface area contributed by atoms with Crippen LogP contribution in [0.25, 0.3) is 23.2 Å². The second-order valence-corrected chi connectivity index (χ2v) is 4.89. The Balaban J connectivity index is 1.96. The van der Waals surface area contributed by atoms with Crippen molar-refractivity contribution < 1.29 is 0 Å². The number of nitrogens with two attached hydrogens (primary N) is 2. The average Bonchev–Trinajstić information content (AvgIpc) is 2.47. The molecule has 6 heteroatoms. The predicted octanol–water partition coefficient (Wildman–Crippen LogP) is 3.01. The Kier molecular flexibility index (Phi) is 3.41. The first kappa shape index (κ1) is 13.3. The molecule has 0 aliphatic rings. The molecule has 1 aromatic carbocycles. The van der Waals surface area contributed by atoms with Gasteiger partial charge in [-0.15, -0.1) is 0 Å². The van der Waals surface area contributed by atoms with E-state index in [4.69, 9.17) is 23.1 Å². The summed E-state index contributed by atoms with van der Waals surface area (Å²) in [6.45, 7) is 0. The summed E-state index contributed by atoms with van der Waals surface area (Å²) in [4.78, 5) is 12.4. The van der Waals surface area contributed by atoms with Crippen LogP contribution >= 0.6 is 11.6 Å². The van der Waals surface area contributed by atoms with Crippen molar-refractivity contribution in [2.75, 3.05) is 11.5 Å². The highest BCUT2D eigenvalue weighted by Crippen LogP contribution is 2.18. The van der Waals surface area contributed by atoms with Crippen LogP contribution in [0.2, 0.25) is 5.02 Å². The van der Waals surface area contributed by atoms with E-state index in [1.807, 2.05) is 48.6 Å². The van der Waals surface area contributed by atoms with E-state index in [2.05, 4.69) is 15.0 Å². The maximum absolute atomic E-state index is 5.85. The summed E-state index contributed by atoms with van der Waals surface area (Å²) in [5.74, 6) is 0.422. The van der Waals surface area contributed by atoms with Gasteiger partial charge in [0.25, 0.3) is 0 Å². The number of halogens is 1. The topological polar surface area (TPSA) is 90.7 Å². The second kappa shape index (κ2) is 5.38. The van der Waals surface area contributed by atoms with Crippen molar-refractivity contribution in [1.82, 2.24) is 15.0 Å². The van der Waals surface area contributed by atoms with E-state index < -0.39 is 0 Å². The summed E-state index contributed by atoms with van der Waals surface area (Å²) in [5, 5.41) is 0.707. The molecule has 0 bridgehead atoms. The van der Waals surface area contributed by atoms with Crippen LogP contribution < -0.4 is 11.5 Å². The van der Waals surface area contributed by atoms with Crippen molar-refractivity contribution in [3.63, 3.8) is 0 Å². The van der Waals surface area contributed by atoms with E-state index in [0.29, 0.717) is 16.1 Å². The summed E-state index contributed by atoms with van der Waals surface area (Å²) in [6, 6.07) is 11.2. The Morgan fingerprint density at radius 3 is 2.38 bits per heavy atom. The van der Waals surface area contributed by atoms with Crippen LogP contribution in [0, 0.1) is 0 Å². The quantitative estimate of drug-likeness (QED) is 0.758. The van der Waals surface area contributed by atoms with E-state index in [1.165, 1.54) is 0 Å². The van der Waals surface area contributed by atoms with Gasteiger partial charge < -0.3 is 11.5 Å². The average molecular weight is 298 g/mol. The smallest absolute Gasteiger partial charge is 0.222 e. The molecule has 3 rings (SSSR count). The molecule has 2 heterocycles. The van der Waals surface area contributed by atoms with Crippen molar-refractivity contribution in [3.05, 3.63) is 52.7 Å². The first-order valence-electron chi connectivity index (χ1n) is 6.25. The molecule has 5 nitrogen and oxygen atoms in total. The third kappa shape index (κ3) is 2.93. The monoisotopic (exact) mass is 297 g/mol. The third-order valence-corrected chi connectivity index (χ3v) is 3.18. The van der Waals surface area contributed by atoms with Gasteiger partial charge in [0.1, 0.15) is 5.52 Å². The Morgan fingerprint density at radius 1 is 0.857 bits per heavy atom. The lowest BCUT2D eigenvalue weighted by molar-refractivity contribution is 1.21. The van der Waals surface area contributed by atoms with Gasteiger partial charge in [-0.1, -0.05) is 29.8 Å². The lowest BCUT2D eigenvalue weighted by Gasteiger charge is -2.02. The molecule has 4 N–H and O–H groups in total. The molecule has 21 heavy (non-hydrogen) atoms. The van der Waals surface area contributed by atoms with Gasteiger partial charge in [-0.05, 0) is 35.9 Å². The number of fused-ring (bicyclic) bond motifs is 1. The minimum absolute atomic E-state index is 0.145. The highest BCUT2D eigenvalue weighted by Gasteiger charge is 2.04. The SMILES string of the molecule is Nc1nc(N)c2nc(/C=C/c3ccc(Cl)cc3)ccc2n1. The van der Waals surface area contributed by atoms with Gasteiger partial charge in [-0.3, -0.25) is 0 Å². The number of aromatic nitrogens is 3. The molecule has 0 radical (unpaired) electrons. The van der Waals surface area contributed by atoms with Crippen LogP contribution in [-0.4, -0.2) is 15.0 Å². The molecule has 0 aliphatic heterocycles. The molecular weight excluding hydrogens is 286 g/mol. The first-order valence-corrected chi connectivity index (χ1v) is 6.63. The second-order valence-electron chi connectivity index (χ2n) is 4.46. The Labute approximate surface area is 126 Å². The molecule has 0 unspecified atom stereocenters. The van der Waals surface area contributed by atoms with E-state index in [0.717, 1.165) is 11.3 Å². The molecular formula is C15H12ClN5. The number of rotatable bonds is 2. The maximum Gasteiger partial charge on any atom is 0.222 e. The molecule has 0 spiro atoms. The minimum atomic E-state index is 0.145. The van der Waals surface area contributed by atoms with Gasteiger partial charge in [0.15, 0.2) is 5.82 Å². The Hall–Kier alpha value is -2.66. The van der Waals surface area contributed by atoms with Crippen LogP contribution in [0.1, 0.15) is 11.3 Å². The Morgan fingerprint density at radius 2 is 1.62 bits per heavy atom. The largest absolute Gasteiger partial charge is 0.382 e. The summed E-state index contributed by atoms with van der Waals surface area (Å²) in [7, 11) is 0. The van der Waals surface area contributed by atoms with E-state index in [9.17, 15) is 0 Å². The number of anilines is 2. The Bertz CT molecular complexity index is 827. The number of nitrogens with zero attached hydrogens (tertiary/aromatic N) is 3. The fourth-order valence-corrected chi connectivity index (χ4v) is 2.04. The number of hydrogen-bond donors (Lipinski definition) is 2. The number of benzene rings is 1. The summed E-state index contributed by atoms with van der Waals surface area (Å²) < 4.78 is 0. The zero-order valence-corrected chi connectivity index (χ0v) is 11.7. The molecule has 0 atom stereocenters. The summed E-state index contributed by atoms with van der Waals surface area (Å²) in [6.07, 6.45) is 3.83. The molecule has 0 aliphatic carbocycles. The molecule has 2 aromatic heterocycles. The predicted molar refractivity (Wildman–Crippen MR) is 86.5 cm³/mol. The fourth-order valence-electron chi connectivity index (χ4n) is 1.92. The molecule has 0 saturated carbocycles. The summed E-state index contributed by atoms with van der Waals surface area (Å²) in [5.41, 5.74) is 14.3. The number of pyridine rings is 1. The van der Waals surface area contributed by atoms with Gasteiger partial charge in [-0.2, -0.15) is 4.98 Å². The highest BCUT2D eigenvalue weighted by molar-refractivity contribution is 6.30. The van der Waals surface area contributed by atoms with Crippen LogP contribution in [0.4, 0.5) is 11.8 Å². The highest BCUT2D eigenvalue weighted by atomic mass is 35.5. The van der Waals surface area contributed by atoms with Crippen molar-refractivity contribution in [2.45, 2.75) is 0 Å². The van der Waals surface area contributed by atoms with Crippen molar-refractivity contribution in [2.24, 2.45) is 0 Å². The first-order chi connectivity index (χ1) is 10.1. The van der Waals surface area contributed by atoms with E-state index in [1.54, 1.807) is 0 Å². The van der Waals surface area contributed by atoms with Gasteiger partial charge >= 0.3 is 0 Å². The normalized spacial score (nSPS) is 11.3. The lowest BCUT2D eigenvalue weighted by Crippen LogP contribution is -2.02. The van der Waals surface area contributed by atoms with Crippen molar-refractivity contribution in [1.29, 1.82) is 0 Å². The fraction of sp³-hybridized carbons (Fsp3) is 0. The van der Waals surface area contributed by atoms with Gasteiger partial charge in [0.05, 0.1) is 11.2 Å². The van der Waals surface area contributed by atoms with Crippen LogP contribution in [0.3, 0.4) is 0 Å². The zero-order valence-electron chi connectivity index (χ0n) is 11.0. The molecule has 0 amide bonds. The van der Waals surface area contributed by atoms with Crippen molar-refractivity contribution >= 4 is 46.6 Å².